The molecule has 3 nitrogen and oxygen atoms in total. The maximum absolute atomic E-state index is 13.2. The van der Waals surface area contributed by atoms with Gasteiger partial charge in [0.1, 0.15) is 17.4 Å². The summed E-state index contributed by atoms with van der Waals surface area (Å²) < 4.78 is 31.9. The number of hydrogen-bond acceptors (Lipinski definition) is 3. The quantitative estimate of drug-likeness (QED) is 0.913. The minimum Gasteiger partial charge on any atom is -0.492 e. The highest BCUT2D eigenvalue weighted by Crippen LogP contribution is 2.23. The van der Waals surface area contributed by atoms with Crippen molar-refractivity contribution in [1.82, 2.24) is 4.98 Å². The van der Waals surface area contributed by atoms with Gasteiger partial charge in [-0.15, -0.1) is 0 Å². The molecular weight excluding hydrogens is 262 g/mol. The Morgan fingerprint density at radius 2 is 1.80 bits per heavy atom. The predicted molar refractivity (Wildman–Crippen MR) is 72.4 cm³/mol. The SMILES string of the molecule is CCCOc1cncc(C(N)c2cc(F)cc(F)c2)c1. The molecule has 1 aromatic heterocycles. The monoisotopic (exact) mass is 278 g/mol. The van der Waals surface area contributed by atoms with Crippen molar-refractivity contribution >= 4 is 0 Å². The molecule has 2 rings (SSSR count). The van der Waals surface area contributed by atoms with Gasteiger partial charge in [0.15, 0.2) is 0 Å². The highest BCUT2D eigenvalue weighted by molar-refractivity contribution is 5.34. The molecule has 0 bridgehead atoms. The smallest absolute Gasteiger partial charge is 0.137 e. The highest BCUT2D eigenvalue weighted by atomic mass is 19.1. The van der Waals surface area contributed by atoms with Crippen LogP contribution in [0, 0.1) is 11.6 Å². The second kappa shape index (κ2) is 6.43. The van der Waals surface area contributed by atoms with Gasteiger partial charge < -0.3 is 10.5 Å². The van der Waals surface area contributed by atoms with Gasteiger partial charge in [0.05, 0.1) is 18.8 Å². The molecule has 0 aliphatic rings. The van der Waals surface area contributed by atoms with E-state index in [2.05, 4.69) is 4.98 Å². The maximum atomic E-state index is 13.2. The average molecular weight is 278 g/mol. The molecular formula is C15H16F2N2O. The Balaban J connectivity index is 2.25. The van der Waals surface area contributed by atoms with E-state index in [1.54, 1.807) is 18.5 Å². The Labute approximate surface area is 116 Å². The normalized spacial score (nSPS) is 12.2. The van der Waals surface area contributed by atoms with E-state index in [1.807, 2.05) is 6.92 Å². The Kier molecular flexibility index (Phi) is 4.63. The van der Waals surface area contributed by atoms with Gasteiger partial charge in [-0.25, -0.2) is 8.78 Å². The van der Waals surface area contributed by atoms with Gasteiger partial charge in [0.2, 0.25) is 0 Å². The Bertz CT molecular complexity index is 570. The molecule has 0 aliphatic heterocycles. The topological polar surface area (TPSA) is 48.1 Å². The summed E-state index contributed by atoms with van der Waals surface area (Å²) in [6.45, 7) is 2.58. The Morgan fingerprint density at radius 1 is 1.10 bits per heavy atom. The van der Waals surface area contributed by atoms with E-state index in [1.165, 1.54) is 12.1 Å². The van der Waals surface area contributed by atoms with Gasteiger partial charge in [-0.1, -0.05) is 6.92 Å². The minimum atomic E-state index is -0.655. The van der Waals surface area contributed by atoms with Crippen LogP contribution in [0.3, 0.4) is 0 Å². The number of nitrogens with two attached hydrogens (primary N) is 1. The van der Waals surface area contributed by atoms with E-state index in [0.717, 1.165) is 12.5 Å². The molecule has 0 amide bonds. The number of halogens is 2. The summed E-state index contributed by atoms with van der Waals surface area (Å²) >= 11 is 0. The molecule has 106 valence electrons. The van der Waals surface area contributed by atoms with Crippen LogP contribution in [0.4, 0.5) is 8.78 Å². The van der Waals surface area contributed by atoms with Crippen LogP contribution in [0.5, 0.6) is 5.75 Å². The van der Waals surface area contributed by atoms with Crippen LogP contribution in [0.15, 0.2) is 36.7 Å². The first kappa shape index (κ1) is 14.4. The van der Waals surface area contributed by atoms with E-state index in [0.29, 0.717) is 23.5 Å². The second-order valence-corrected chi connectivity index (χ2v) is 4.48. The third-order valence-electron chi connectivity index (χ3n) is 2.81. The molecule has 1 heterocycles. The van der Waals surface area contributed by atoms with Gasteiger partial charge in [-0.3, -0.25) is 4.98 Å². The van der Waals surface area contributed by atoms with Crippen molar-refractivity contribution in [3.63, 3.8) is 0 Å². The molecule has 1 unspecified atom stereocenters. The fourth-order valence-electron chi connectivity index (χ4n) is 1.85. The lowest BCUT2D eigenvalue weighted by atomic mass is 10.0. The lowest BCUT2D eigenvalue weighted by molar-refractivity contribution is 0.315. The van der Waals surface area contributed by atoms with Crippen molar-refractivity contribution in [3.05, 3.63) is 59.4 Å². The predicted octanol–water partition coefficient (Wildman–Crippen LogP) is 3.20. The molecule has 1 aromatic carbocycles. The number of pyridine rings is 1. The third-order valence-corrected chi connectivity index (χ3v) is 2.81. The third kappa shape index (κ3) is 3.51. The van der Waals surface area contributed by atoms with Crippen LogP contribution in [0.25, 0.3) is 0 Å². The molecule has 0 saturated carbocycles. The molecule has 1 atom stereocenters. The van der Waals surface area contributed by atoms with Crippen molar-refractivity contribution in [3.8, 4) is 5.75 Å². The summed E-state index contributed by atoms with van der Waals surface area (Å²) in [5.74, 6) is -0.708. The van der Waals surface area contributed by atoms with Crippen molar-refractivity contribution in [2.45, 2.75) is 19.4 Å². The van der Waals surface area contributed by atoms with Crippen molar-refractivity contribution < 1.29 is 13.5 Å². The van der Waals surface area contributed by atoms with Gasteiger partial charge in [-0.2, -0.15) is 0 Å². The average Bonchev–Trinajstić information content (AvgIpc) is 2.43. The van der Waals surface area contributed by atoms with Gasteiger partial charge in [0.25, 0.3) is 0 Å². The summed E-state index contributed by atoms with van der Waals surface area (Å²) in [6, 6.07) is 4.32. The van der Waals surface area contributed by atoms with Crippen LogP contribution in [-0.2, 0) is 0 Å². The number of aromatic nitrogens is 1. The summed E-state index contributed by atoms with van der Waals surface area (Å²) in [4.78, 5) is 4.04. The number of benzene rings is 1. The molecule has 5 heteroatoms. The molecule has 0 aliphatic carbocycles. The van der Waals surface area contributed by atoms with Crippen LogP contribution in [0.1, 0.15) is 30.5 Å². The van der Waals surface area contributed by atoms with E-state index in [4.69, 9.17) is 10.5 Å². The molecule has 0 fully saturated rings. The number of hydrogen-bond donors (Lipinski definition) is 1. The van der Waals surface area contributed by atoms with Crippen molar-refractivity contribution in [2.75, 3.05) is 6.61 Å². The summed E-state index contributed by atoms with van der Waals surface area (Å²) in [7, 11) is 0. The second-order valence-electron chi connectivity index (χ2n) is 4.48. The van der Waals surface area contributed by atoms with E-state index in [9.17, 15) is 8.78 Å². The van der Waals surface area contributed by atoms with Gasteiger partial charge in [0, 0.05) is 12.3 Å². The maximum Gasteiger partial charge on any atom is 0.137 e. The Hall–Kier alpha value is -2.01. The zero-order valence-corrected chi connectivity index (χ0v) is 11.1. The molecule has 2 aromatic rings. The molecule has 2 N–H and O–H groups in total. The molecule has 0 spiro atoms. The number of nitrogens with zero attached hydrogens (tertiary/aromatic N) is 1. The minimum absolute atomic E-state index is 0.358. The van der Waals surface area contributed by atoms with Gasteiger partial charge in [-0.05, 0) is 35.7 Å². The number of ether oxygens (including phenoxy) is 1. The van der Waals surface area contributed by atoms with Crippen molar-refractivity contribution in [1.29, 1.82) is 0 Å². The van der Waals surface area contributed by atoms with Crippen LogP contribution >= 0.6 is 0 Å². The summed E-state index contributed by atoms with van der Waals surface area (Å²) in [5.41, 5.74) is 7.02. The van der Waals surface area contributed by atoms with Crippen molar-refractivity contribution in [2.24, 2.45) is 5.73 Å². The summed E-state index contributed by atoms with van der Waals surface area (Å²) in [6.07, 6.45) is 4.02. The zero-order chi connectivity index (χ0) is 14.5. The van der Waals surface area contributed by atoms with Crippen LogP contribution in [0.2, 0.25) is 0 Å². The first-order valence-corrected chi connectivity index (χ1v) is 6.39. The highest BCUT2D eigenvalue weighted by Gasteiger charge is 2.13. The largest absolute Gasteiger partial charge is 0.492 e. The lowest BCUT2D eigenvalue weighted by Crippen LogP contribution is -2.13. The van der Waals surface area contributed by atoms with E-state index < -0.39 is 17.7 Å². The first-order valence-electron chi connectivity index (χ1n) is 6.39. The van der Waals surface area contributed by atoms with Crippen LogP contribution in [-0.4, -0.2) is 11.6 Å². The van der Waals surface area contributed by atoms with E-state index in [-0.39, 0.29) is 0 Å². The molecule has 0 saturated heterocycles. The fraction of sp³-hybridized carbons (Fsp3) is 0.267. The van der Waals surface area contributed by atoms with E-state index >= 15 is 0 Å². The van der Waals surface area contributed by atoms with Crippen LogP contribution < -0.4 is 10.5 Å². The Morgan fingerprint density at radius 3 is 2.45 bits per heavy atom. The zero-order valence-electron chi connectivity index (χ0n) is 11.1. The summed E-state index contributed by atoms with van der Waals surface area (Å²) in [5, 5.41) is 0. The lowest BCUT2D eigenvalue weighted by Gasteiger charge is -2.14. The molecule has 20 heavy (non-hydrogen) atoms. The first-order chi connectivity index (χ1) is 9.60. The standard InChI is InChI=1S/C15H16F2N2O/c1-2-3-20-14-6-11(8-19-9-14)15(18)10-4-12(16)7-13(17)5-10/h4-9,15H,2-3,18H2,1H3. The number of rotatable bonds is 5. The fourth-order valence-corrected chi connectivity index (χ4v) is 1.85. The van der Waals surface area contributed by atoms with Gasteiger partial charge >= 0.3 is 0 Å². The molecule has 0 radical (unpaired) electrons.